The number of aromatic amines is 2. The van der Waals surface area contributed by atoms with Crippen LogP contribution in [0.25, 0.3) is 20.4 Å². The minimum Gasteiger partial charge on any atom is -0.360 e. The topological polar surface area (TPSA) is 55.1 Å². The van der Waals surface area contributed by atoms with Crippen molar-refractivity contribution in [3.8, 4) is 0 Å². The van der Waals surface area contributed by atoms with Crippen molar-refractivity contribution in [1.82, 2.24) is 19.8 Å². The van der Waals surface area contributed by atoms with Crippen LogP contribution in [0.5, 0.6) is 0 Å². The van der Waals surface area contributed by atoms with E-state index in [1.165, 1.54) is 26.0 Å². The van der Waals surface area contributed by atoms with Crippen molar-refractivity contribution in [2.24, 2.45) is 0 Å². The Hall–Kier alpha value is -2.09. The highest BCUT2D eigenvalue weighted by Crippen LogP contribution is 2.26. The van der Waals surface area contributed by atoms with Crippen LogP contribution in [0.4, 0.5) is 0 Å². The average molecular weight is 401 g/mol. The van der Waals surface area contributed by atoms with Gasteiger partial charge in [-0.3, -0.25) is 4.79 Å². The number of carbonyl (C=O) groups excluding carboxylic acids is 1. The summed E-state index contributed by atoms with van der Waals surface area (Å²) < 4.78 is 2.53. The van der Waals surface area contributed by atoms with Gasteiger partial charge in [-0.25, -0.2) is 0 Å². The molecule has 0 saturated carbocycles. The molecular weight excluding hydrogens is 376 g/mol. The number of likely N-dealkylation sites (N-methyl/N-ethyl adjacent to an activating group) is 1. The number of nitrogens with zero attached hydrogens (tertiary/aromatic N) is 2. The van der Waals surface area contributed by atoms with Gasteiger partial charge in [0.15, 0.2) is 0 Å². The number of amides is 1. The van der Waals surface area contributed by atoms with E-state index in [-0.39, 0.29) is 5.91 Å². The Morgan fingerprint density at radius 3 is 2.33 bits per heavy atom. The summed E-state index contributed by atoms with van der Waals surface area (Å²) in [4.78, 5) is 23.0. The summed E-state index contributed by atoms with van der Waals surface area (Å²) in [7, 11) is 2.09. The molecule has 142 valence electrons. The molecule has 0 aliphatic carbocycles. The summed E-state index contributed by atoms with van der Waals surface area (Å²) in [5.74, 6) is 0.130. The molecule has 7 heteroatoms. The van der Waals surface area contributed by atoms with E-state index in [9.17, 15) is 4.79 Å². The first-order chi connectivity index (χ1) is 13.0. The third-order valence-electron chi connectivity index (χ3n) is 5.03. The van der Waals surface area contributed by atoms with E-state index in [0.29, 0.717) is 0 Å². The number of aromatic nitrogens is 2. The molecule has 0 spiro atoms. The van der Waals surface area contributed by atoms with Gasteiger partial charge in [0.2, 0.25) is 0 Å². The van der Waals surface area contributed by atoms with Crippen molar-refractivity contribution in [3.63, 3.8) is 0 Å². The molecule has 4 aromatic rings. The molecule has 5 nitrogen and oxygen atoms in total. The van der Waals surface area contributed by atoms with E-state index >= 15 is 0 Å². The molecule has 1 aliphatic rings. The van der Waals surface area contributed by atoms with Crippen LogP contribution in [0.1, 0.15) is 21.6 Å². The first-order valence-electron chi connectivity index (χ1n) is 9.08. The van der Waals surface area contributed by atoms with Crippen LogP contribution in [0.3, 0.4) is 0 Å². The molecule has 4 aromatic heterocycles. The maximum absolute atomic E-state index is 12.4. The van der Waals surface area contributed by atoms with E-state index in [1.807, 2.05) is 17.2 Å². The highest BCUT2D eigenvalue weighted by Gasteiger charge is 2.22. The quantitative estimate of drug-likeness (QED) is 0.495. The van der Waals surface area contributed by atoms with E-state index in [1.54, 1.807) is 22.7 Å². The zero-order valence-electron chi connectivity index (χ0n) is 15.8. The monoisotopic (exact) mass is 400 g/mol. The van der Waals surface area contributed by atoms with E-state index < -0.39 is 0 Å². The predicted molar refractivity (Wildman–Crippen MR) is 115 cm³/mol. The molecule has 1 amide bonds. The second-order valence-electron chi connectivity index (χ2n) is 7.07. The lowest BCUT2D eigenvalue weighted by Gasteiger charge is -2.32. The molecule has 0 atom stereocenters. The van der Waals surface area contributed by atoms with Crippen LogP contribution in [0.15, 0.2) is 29.1 Å². The van der Waals surface area contributed by atoms with E-state index in [2.05, 4.69) is 52.6 Å². The number of hydrogen-bond acceptors (Lipinski definition) is 4. The van der Waals surface area contributed by atoms with Crippen molar-refractivity contribution in [1.29, 1.82) is 0 Å². The fraction of sp³-hybridized carbons (Fsp3) is 0.350. The highest BCUT2D eigenvalue weighted by molar-refractivity contribution is 7.17. The molecule has 5 rings (SSSR count). The number of hydrogen-bond donors (Lipinski definition) is 2. The van der Waals surface area contributed by atoms with Crippen molar-refractivity contribution < 1.29 is 4.79 Å². The molecule has 2 N–H and O–H groups in total. The number of thiophene rings is 2. The Morgan fingerprint density at radius 2 is 1.67 bits per heavy atom. The molecule has 5 heterocycles. The Balaban J connectivity index is 0.000000167. The summed E-state index contributed by atoms with van der Waals surface area (Å²) in [5, 5.41) is 4.28. The van der Waals surface area contributed by atoms with Crippen LogP contribution in [0.2, 0.25) is 0 Å². The van der Waals surface area contributed by atoms with Gasteiger partial charge in [0.25, 0.3) is 5.91 Å². The van der Waals surface area contributed by atoms with Crippen LogP contribution in [0, 0.1) is 13.8 Å². The standard InChI is InChI=1S/C13H17N3OS.C7H7NS/c1-9-8-18-11-7-10(14-12(9)11)13(17)16-5-3-15(2)4-6-16;1-5-4-9-6-2-3-8-7(5)6/h7-8,14H,3-6H2,1-2H3;2-4,8H,1H3. The molecule has 0 unspecified atom stereocenters. The number of nitrogens with one attached hydrogen (secondary N) is 2. The zero-order chi connectivity index (χ0) is 19.0. The van der Waals surface area contributed by atoms with Crippen molar-refractivity contribution in [2.75, 3.05) is 33.2 Å². The van der Waals surface area contributed by atoms with Crippen LogP contribution in [-0.4, -0.2) is 58.9 Å². The maximum Gasteiger partial charge on any atom is 0.270 e. The van der Waals surface area contributed by atoms with Gasteiger partial charge in [-0.15, -0.1) is 22.7 Å². The largest absolute Gasteiger partial charge is 0.360 e. The lowest BCUT2D eigenvalue weighted by atomic mass is 10.3. The smallest absolute Gasteiger partial charge is 0.270 e. The lowest BCUT2D eigenvalue weighted by molar-refractivity contribution is 0.0659. The van der Waals surface area contributed by atoms with Crippen LogP contribution >= 0.6 is 22.7 Å². The minimum absolute atomic E-state index is 0.130. The van der Waals surface area contributed by atoms with Gasteiger partial charge >= 0.3 is 0 Å². The summed E-state index contributed by atoms with van der Waals surface area (Å²) in [6.07, 6.45) is 1.98. The molecule has 1 saturated heterocycles. The highest BCUT2D eigenvalue weighted by atomic mass is 32.1. The Kier molecular flexibility index (Phi) is 5.08. The SMILES string of the molecule is Cc1csc2cc(C(=O)N3CCN(C)CC3)[nH]c12.Cc1csc2cc[nH]c12. The van der Waals surface area contributed by atoms with Gasteiger partial charge in [-0.05, 0) is 54.9 Å². The number of piperazine rings is 1. The van der Waals surface area contributed by atoms with Gasteiger partial charge in [-0.2, -0.15) is 0 Å². The minimum atomic E-state index is 0.130. The molecule has 0 aromatic carbocycles. The third-order valence-corrected chi connectivity index (χ3v) is 7.14. The Morgan fingerprint density at radius 1 is 1.00 bits per heavy atom. The maximum atomic E-state index is 12.4. The first kappa shape index (κ1) is 18.3. The summed E-state index contributed by atoms with van der Waals surface area (Å²) in [6.45, 7) is 7.75. The van der Waals surface area contributed by atoms with E-state index in [0.717, 1.165) is 37.4 Å². The molecule has 0 bridgehead atoms. The van der Waals surface area contributed by atoms with Gasteiger partial charge in [0.1, 0.15) is 5.69 Å². The van der Waals surface area contributed by atoms with Crippen molar-refractivity contribution in [2.45, 2.75) is 13.8 Å². The number of rotatable bonds is 1. The van der Waals surface area contributed by atoms with Gasteiger partial charge in [0.05, 0.1) is 20.4 Å². The number of fused-ring (bicyclic) bond motifs is 2. The lowest BCUT2D eigenvalue weighted by Crippen LogP contribution is -2.47. The molecule has 1 aliphatic heterocycles. The fourth-order valence-corrected chi connectivity index (χ4v) is 5.14. The Labute approximate surface area is 166 Å². The molecular formula is C20H24N4OS2. The summed E-state index contributed by atoms with van der Waals surface area (Å²) in [6, 6.07) is 4.08. The number of H-pyrrole nitrogens is 2. The third kappa shape index (κ3) is 3.67. The molecule has 1 fully saturated rings. The number of aryl methyl sites for hydroxylation is 2. The zero-order valence-corrected chi connectivity index (χ0v) is 17.5. The predicted octanol–water partition coefficient (Wildman–Crippen LogP) is 4.46. The normalized spacial score (nSPS) is 15.3. The van der Waals surface area contributed by atoms with Gasteiger partial charge in [0, 0.05) is 32.4 Å². The van der Waals surface area contributed by atoms with Gasteiger partial charge < -0.3 is 19.8 Å². The van der Waals surface area contributed by atoms with Crippen LogP contribution in [-0.2, 0) is 0 Å². The second-order valence-corrected chi connectivity index (χ2v) is 8.89. The summed E-state index contributed by atoms with van der Waals surface area (Å²) >= 11 is 3.48. The van der Waals surface area contributed by atoms with E-state index in [4.69, 9.17) is 0 Å². The first-order valence-corrected chi connectivity index (χ1v) is 10.8. The summed E-state index contributed by atoms with van der Waals surface area (Å²) in [5.41, 5.74) is 5.69. The second kappa shape index (κ2) is 7.50. The van der Waals surface area contributed by atoms with Crippen molar-refractivity contribution >= 4 is 49.0 Å². The molecule has 0 radical (unpaired) electrons. The van der Waals surface area contributed by atoms with Crippen LogP contribution < -0.4 is 0 Å². The van der Waals surface area contributed by atoms with Gasteiger partial charge in [-0.1, -0.05) is 0 Å². The average Bonchev–Trinajstić information content (AvgIpc) is 3.42. The Bertz CT molecular complexity index is 1060. The molecule has 27 heavy (non-hydrogen) atoms. The fourth-order valence-electron chi connectivity index (χ4n) is 3.30. The number of carbonyl (C=O) groups is 1. The van der Waals surface area contributed by atoms with Crippen molar-refractivity contribution in [3.05, 3.63) is 45.9 Å².